The number of ether oxygens (including phenoxy) is 1. The lowest BCUT2D eigenvalue weighted by Crippen LogP contribution is -2.60. The zero-order valence-electron chi connectivity index (χ0n) is 24.1. The third kappa shape index (κ3) is 10.9. The fraction of sp³-hybridized carbons (Fsp3) is 0.857. The fourth-order valence-corrected chi connectivity index (χ4v) is 4.75. The Morgan fingerprint density at radius 3 is 1.84 bits per heavy atom. The number of aliphatic hydroxyl groups is 2. The van der Waals surface area contributed by atoms with Crippen molar-refractivity contribution in [2.24, 2.45) is 17.8 Å². The van der Waals surface area contributed by atoms with E-state index < -0.39 is 66.5 Å². The van der Waals surface area contributed by atoms with Gasteiger partial charge in [-0.05, 0) is 25.2 Å². The number of amides is 3. The lowest BCUT2D eigenvalue weighted by atomic mass is 9.88. The molecule has 0 spiro atoms. The molecule has 1 aliphatic heterocycles. The van der Waals surface area contributed by atoms with Crippen LogP contribution in [0, 0.1) is 17.8 Å². The number of aliphatic hydroxyl groups excluding tert-OH is 2. The summed E-state index contributed by atoms with van der Waals surface area (Å²) < 4.78 is 5.76. The molecule has 1 saturated heterocycles. The third-order valence-corrected chi connectivity index (χ3v) is 7.33. The standard InChI is InChI=1S/C28H51N3O7/c1-7-8-9-10-11-12-13-14-15-18(4)24-19(5)25(34)30-22(17(2)3)26(35)31-23(20(6)33)27(36)29-21(16-32)28(37)38-24/h17-24,32-33H,7-16H2,1-6H3,(H,29,36)(H,30,34)(H,31,35)/t18-,19+,20-,21-,22-,23-,24+/m1/s1. The van der Waals surface area contributed by atoms with Crippen LogP contribution in [0.2, 0.25) is 0 Å². The molecule has 0 bridgehead atoms. The first-order valence-corrected chi connectivity index (χ1v) is 14.3. The lowest BCUT2D eigenvalue weighted by Gasteiger charge is -2.31. The van der Waals surface area contributed by atoms with E-state index in [4.69, 9.17) is 4.74 Å². The highest BCUT2D eigenvalue weighted by molar-refractivity contribution is 5.94. The number of unbranched alkanes of at least 4 members (excludes halogenated alkanes) is 7. The molecule has 1 rings (SSSR count). The monoisotopic (exact) mass is 541 g/mol. The quantitative estimate of drug-likeness (QED) is 0.177. The summed E-state index contributed by atoms with van der Waals surface area (Å²) in [6.45, 7) is 9.87. The molecule has 0 radical (unpaired) electrons. The van der Waals surface area contributed by atoms with Crippen LogP contribution < -0.4 is 16.0 Å². The number of rotatable bonds is 13. The number of hydrogen-bond acceptors (Lipinski definition) is 7. The molecule has 10 heteroatoms. The Morgan fingerprint density at radius 2 is 1.32 bits per heavy atom. The van der Waals surface area contributed by atoms with E-state index >= 15 is 0 Å². The van der Waals surface area contributed by atoms with Crippen molar-refractivity contribution >= 4 is 23.7 Å². The second kappa shape index (κ2) is 17.4. The van der Waals surface area contributed by atoms with Crippen LogP contribution in [0.1, 0.15) is 99.3 Å². The summed E-state index contributed by atoms with van der Waals surface area (Å²) in [6.07, 6.45) is 7.88. The smallest absolute Gasteiger partial charge is 0.331 e. The van der Waals surface area contributed by atoms with Crippen LogP contribution >= 0.6 is 0 Å². The molecule has 0 aliphatic carbocycles. The molecule has 0 aromatic rings. The third-order valence-electron chi connectivity index (χ3n) is 7.33. The van der Waals surface area contributed by atoms with Crippen LogP contribution in [0.3, 0.4) is 0 Å². The van der Waals surface area contributed by atoms with Gasteiger partial charge >= 0.3 is 5.97 Å². The van der Waals surface area contributed by atoms with Crippen LogP contribution in [0.15, 0.2) is 0 Å². The number of esters is 1. The first-order chi connectivity index (χ1) is 17.9. The minimum atomic E-state index is -1.41. The maximum atomic E-state index is 13.3. The Kier molecular flexibility index (Phi) is 15.5. The van der Waals surface area contributed by atoms with Gasteiger partial charge in [0.25, 0.3) is 0 Å². The largest absolute Gasteiger partial charge is 0.460 e. The van der Waals surface area contributed by atoms with E-state index in [0.717, 1.165) is 25.7 Å². The van der Waals surface area contributed by atoms with Crippen molar-refractivity contribution in [3.63, 3.8) is 0 Å². The first kappa shape index (κ1) is 33.8. The Balaban J connectivity index is 3.10. The normalized spacial score (nSPS) is 27.2. The molecule has 220 valence electrons. The Hall–Kier alpha value is -2.20. The van der Waals surface area contributed by atoms with Gasteiger partial charge < -0.3 is 30.9 Å². The van der Waals surface area contributed by atoms with Crippen LogP contribution in [-0.4, -0.2) is 70.8 Å². The van der Waals surface area contributed by atoms with Crippen molar-refractivity contribution in [1.82, 2.24) is 16.0 Å². The van der Waals surface area contributed by atoms with Gasteiger partial charge in [0.1, 0.15) is 18.2 Å². The topological polar surface area (TPSA) is 154 Å². The van der Waals surface area contributed by atoms with Gasteiger partial charge in [0.05, 0.1) is 18.6 Å². The summed E-state index contributed by atoms with van der Waals surface area (Å²) in [5.41, 5.74) is 0. The Bertz CT molecular complexity index is 759. The van der Waals surface area contributed by atoms with Crippen molar-refractivity contribution in [1.29, 1.82) is 0 Å². The van der Waals surface area contributed by atoms with Crippen LogP contribution in [0.5, 0.6) is 0 Å². The molecule has 1 aliphatic rings. The molecular formula is C28H51N3O7. The summed E-state index contributed by atoms with van der Waals surface area (Å²) in [5.74, 6) is -4.05. The minimum absolute atomic E-state index is 0.170. The number of carbonyl (C=O) groups excluding carboxylic acids is 4. The van der Waals surface area contributed by atoms with Gasteiger partial charge in [0.15, 0.2) is 6.04 Å². The molecule has 0 aromatic heterocycles. The second-order valence-electron chi connectivity index (χ2n) is 11.1. The molecule has 0 aromatic carbocycles. The molecule has 1 fully saturated rings. The van der Waals surface area contributed by atoms with Crippen LogP contribution in [0.25, 0.3) is 0 Å². The first-order valence-electron chi connectivity index (χ1n) is 14.3. The van der Waals surface area contributed by atoms with Gasteiger partial charge in [-0.25, -0.2) is 4.79 Å². The Morgan fingerprint density at radius 1 is 0.789 bits per heavy atom. The SMILES string of the molecule is CCCCCCCCCC[C@@H](C)[C@@H]1OC(=O)[C@@H](CO)NC(=O)[C@@H]([C@@H](C)O)NC(=O)[C@@H](C(C)C)NC(=O)[C@H]1C. The van der Waals surface area contributed by atoms with Crippen molar-refractivity contribution in [2.45, 2.75) is 130 Å². The van der Waals surface area contributed by atoms with Crippen LogP contribution in [0.4, 0.5) is 0 Å². The highest BCUT2D eigenvalue weighted by atomic mass is 16.5. The average molecular weight is 542 g/mol. The van der Waals surface area contributed by atoms with Gasteiger partial charge in [-0.15, -0.1) is 0 Å². The van der Waals surface area contributed by atoms with E-state index in [1.807, 2.05) is 6.92 Å². The molecule has 0 unspecified atom stereocenters. The number of hydrogen-bond donors (Lipinski definition) is 5. The predicted molar refractivity (Wildman–Crippen MR) is 145 cm³/mol. The lowest BCUT2D eigenvalue weighted by molar-refractivity contribution is -0.162. The summed E-state index contributed by atoms with van der Waals surface area (Å²) in [7, 11) is 0. The summed E-state index contributed by atoms with van der Waals surface area (Å²) in [4.78, 5) is 52.1. The number of carbonyl (C=O) groups is 4. The molecule has 7 atom stereocenters. The van der Waals surface area contributed by atoms with Gasteiger partial charge in [0.2, 0.25) is 17.7 Å². The maximum absolute atomic E-state index is 13.3. The van der Waals surface area contributed by atoms with Gasteiger partial charge in [0, 0.05) is 0 Å². The van der Waals surface area contributed by atoms with Crippen molar-refractivity contribution in [2.75, 3.05) is 6.61 Å². The van der Waals surface area contributed by atoms with E-state index in [1.54, 1.807) is 20.8 Å². The highest BCUT2D eigenvalue weighted by Gasteiger charge is 2.39. The van der Waals surface area contributed by atoms with Crippen molar-refractivity contribution in [3.8, 4) is 0 Å². The average Bonchev–Trinajstić information content (AvgIpc) is 2.87. The van der Waals surface area contributed by atoms with Crippen molar-refractivity contribution in [3.05, 3.63) is 0 Å². The highest BCUT2D eigenvalue weighted by Crippen LogP contribution is 2.24. The molecule has 3 amide bonds. The van der Waals surface area contributed by atoms with E-state index in [-0.39, 0.29) is 11.8 Å². The van der Waals surface area contributed by atoms with E-state index in [2.05, 4.69) is 22.9 Å². The second-order valence-corrected chi connectivity index (χ2v) is 11.1. The zero-order chi connectivity index (χ0) is 28.8. The summed E-state index contributed by atoms with van der Waals surface area (Å²) in [6, 6.07) is -3.76. The molecule has 1 heterocycles. The van der Waals surface area contributed by atoms with Gasteiger partial charge in [-0.1, -0.05) is 86.0 Å². The maximum Gasteiger partial charge on any atom is 0.331 e. The molecule has 38 heavy (non-hydrogen) atoms. The fourth-order valence-electron chi connectivity index (χ4n) is 4.75. The van der Waals surface area contributed by atoms with Gasteiger partial charge in [-0.3, -0.25) is 14.4 Å². The predicted octanol–water partition coefficient (Wildman–Crippen LogP) is 2.20. The number of nitrogens with one attached hydrogen (secondary N) is 3. The molecule has 10 nitrogen and oxygen atoms in total. The number of cyclic esters (lactones) is 1. The van der Waals surface area contributed by atoms with E-state index in [1.165, 1.54) is 39.0 Å². The molecule has 0 saturated carbocycles. The van der Waals surface area contributed by atoms with E-state index in [9.17, 15) is 29.4 Å². The summed E-state index contributed by atoms with van der Waals surface area (Å²) >= 11 is 0. The minimum Gasteiger partial charge on any atom is -0.460 e. The van der Waals surface area contributed by atoms with E-state index in [0.29, 0.717) is 0 Å². The molecular weight excluding hydrogens is 490 g/mol. The van der Waals surface area contributed by atoms with Crippen molar-refractivity contribution < 1.29 is 34.1 Å². The van der Waals surface area contributed by atoms with Crippen LogP contribution in [-0.2, 0) is 23.9 Å². The van der Waals surface area contributed by atoms with Gasteiger partial charge in [-0.2, -0.15) is 0 Å². The Labute approximate surface area is 228 Å². The molecule has 5 N–H and O–H groups in total. The summed E-state index contributed by atoms with van der Waals surface area (Å²) in [5, 5.41) is 27.5. The zero-order valence-corrected chi connectivity index (χ0v) is 24.1.